The standard InChI is InChI=1S/C23H22O10/c1-11(25)30-22-18(10-24)33-23(21(29)20(22)28)31-13-7-14(26)19-15(27)9-16(32-17(19)8-13)12-5-3-2-4-6-12/h2-9,18,20-24,26,28-29H,10H2,1H3. The molecular formula is C23H22O10. The number of aliphatic hydroxyl groups is 3. The number of carbonyl (C=O) groups excluding carboxylic acids is 1. The number of fused-ring (bicyclic) bond motifs is 1. The van der Waals surface area contributed by atoms with Crippen molar-refractivity contribution in [3.63, 3.8) is 0 Å². The highest BCUT2D eigenvalue weighted by atomic mass is 16.7. The summed E-state index contributed by atoms with van der Waals surface area (Å²) in [5.74, 6) is -0.902. The van der Waals surface area contributed by atoms with Gasteiger partial charge >= 0.3 is 5.97 Å². The van der Waals surface area contributed by atoms with Crippen molar-refractivity contribution in [1.29, 1.82) is 0 Å². The predicted octanol–water partition coefficient (Wildman–Crippen LogP) is 0.915. The van der Waals surface area contributed by atoms with Crippen LogP contribution in [0.2, 0.25) is 0 Å². The molecule has 1 aromatic heterocycles. The highest BCUT2D eigenvalue weighted by molar-refractivity contribution is 5.86. The minimum Gasteiger partial charge on any atom is -0.507 e. The first-order valence-electron chi connectivity index (χ1n) is 10.1. The van der Waals surface area contributed by atoms with Crippen LogP contribution in [0.3, 0.4) is 0 Å². The Labute approximate surface area is 187 Å². The van der Waals surface area contributed by atoms with Crippen molar-refractivity contribution < 1.29 is 43.8 Å². The van der Waals surface area contributed by atoms with Crippen molar-refractivity contribution in [2.45, 2.75) is 37.6 Å². The molecule has 0 spiro atoms. The number of benzene rings is 2. The van der Waals surface area contributed by atoms with E-state index in [-0.39, 0.29) is 22.5 Å². The van der Waals surface area contributed by atoms with Crippen molar-refractivity contribution in [2.24, 2.45) is 0 Å². The summed E-state index contributed by atoms with van der Waals surface area (Å²) in [6.45, 7) is 0.491. The Hall–Kier alpha value is -3.44. The molecule has 0 bridgehead atoms. The molecule has 0 saturated carbocycles. The van der Waals surface area contributed by atoms with E-state index in [0.29, 0.717) is 5.56 Å². The molecule has 4 N–H and O–H groups in total. The number of phenols is 1. The van der Waals surface area contributed by atoms with Crippen LogP contribution >= 0.6 is 0 Å². The van der Waals surface area contributed by atoms with Gasteiger partial charge in [0.15, 0.2) is 11.5 Å². The van der Waals surface area contributed by atoms with Crippen LogP contribution in [0.4, 0.5) is 0 Å². The number of hydrogen-bond acceptors (Lipinski definition) is 10. The Bertz CT molecular complexity index is 1200. The largest absolute Gasteiger partial charge is 0.507 e. The number of carbonyl (C=O) groups is 1. The van der Waals surface area contributed by atoms with Crippen LogP contribution in [0.15, 0.2) is 57.7 Å². The normalized spacial score (nSPS) is 25.0. The van der Waals surface area contributed by atoms with Gasteiger partial charge in [-0.25, -0.2) is 0 Å². The lowest BCUT2D eigenvalue weighted by Gasteiger charge is -2.41. The highest BCUT2D eigenvalue weighted by Gasteiger charge is 2.47. The first kappa shape index (κ1) is 22.7. The average molecular weight is 458 g/mol. The molecular weight excluding hydrogens is 436 g/mol. The van der Waals surface area contributed by atoms with Crippen LogP contribution in [-0.4, -0.2) is 63.7 Å². The third-order valence-electron chi connectivity index (χ3n) is 5.22. The Morgan fingerprint density at radius 2 is 1.82 bits per heavy atom. The molecule has 1 aliphatic rings. The second-order valence-corrected chi connectivity index (χ2v) is 7.56. The molecule has 3 aromatic rings. The summed E-state index contributed by atoms with van der Waals surface area (Å²) in [6, 6.07) is 12.6. The fourth-order valence-corrected chi connectivity index (χ4v) is 3.68. The van der Waals surface area contributed by atoms with Crippen molar-refractivity contribution in [3.8, 4) is 22.8 Å². The van der Waals surface area contributed by atoms with Gasteiger partial charge in [0.25, 0.3) is 0 Å². The maximum absolute atomic E-state index is 12.6. The fraction of sp³-hybridized carbons (Fsp3) is 0.304. The average Bonchev–Trinajstić information content (AvgIpc) is 2.78. The van der Waals surface area contributed by atoms with Gasteiger partial charge in [-0.1, -0.05) is 30.3 Å². The lowest BCUT2D eigenvalue weighted by Crippen LogP contribution is -2.61. The van der Waals surface area contributed by atoms with E-state index in [4.69, 9.17) is 18.6 Å². The summed E-state index contributed by atoms with van der Waals surface area (Å²) in [6.07, 6.45) is -7.23. The molecule has 0 amide bonds. The quantitative estimate of drug-likeness (QED) is 0.405. The fourth-order valence-electron chi connectivity index (χ4n) is 3.68. The molecule has 1 saturated heterocycles. The molecule has 5 atom stereocenters. The Morgan fingerprint density at radius 1 is 1.09 bits per heavy atom. The molecule has 1 aliphatic heterocycles. The third kappa shape index (κ3) is 4.55. The summed E-state index contributed by atoms with van der Waals surface area (Å²) in [5, 5.41) is 40.7. The summed E-state index contributed by atoms with van der Waals surface area (Å²) >= 11 is 0. The van der Waals surface area contributed by atoms with E-state index < -0.39 is 54.5 Å². The van der Waals surface area contributed by atoms with E-state index in [9.17, 15) is 30.0 Å². The lowest BCUT2D eigenvalue weighted by atomic mass is 9.99. The zero-order valence-corrected chi connectivity index (χ0v) is 17.5. The van der Waals surface area contributed by atoms with Crippen LogP contribution in [0.5, 0.6) is 11.5 Å². The number of aromatic hydroxyl groups is 1. The molecule has 10 heteroatoms. The molecule has 1 fully saturated rings. The van der Waals surface area contributed by atoms with Gasteiger partial charge < -0.3 is 39.1 Å². The number of aliphatic hydroxyl groups excluding tert-OH is 3. The maximum Gasteiger partial charge on any atom is 0.303 e. The monoisotopic (exact) mass is 458 g/mol. The topological polar surface area (TPSA) is 156 Å². The zero-order chi connectivity index (χ0) is 23.7. The second-order valence-electron chi connectivity index (χ2n) is 7.56. The van der Waals surface area contributed by atoms with Gasteiger partial charge in [0.05, 0.1) is 6.61 Å². The first-order chi connectivity index (χ1) is 15.8. The lowest BCUT2D eigenvalue weighted by molar-refractivity contribution is -0.281. The van der Waals surface area contributed by atoms with E-state index in [1.165, 1.54) is 12.1 Å². The zero-order valence-electron chi connectivity index (χ0n) is 17.5. The second kappa shape index (κ2) is 9.20. The maximum atomic E-state index is 12.6. The number of ether oxygens (including phenoxy) is 3. The van der Waals surface area contributed by atoms with E-state index in [1.54, 1.807) is 24.3 Å². The minimum atomic E-state index is -1.65. The number of rotatable bonds is 5. The first-order valence-corrected chi connectivity index (χ1v) is 10.1. The molecule has 174 valence electrons. The third-order valence-corrected chi connectivity index (χ3v) is 5.22. The predicted molar refractivity (Wildman–Crippen MR) is 114 cm³/mol. The molecule has 10 nitrogen and oxygen atoms in total. The SMILES string of the molecule is CC(=O)OC1C(CO)OC(Oc2cc(O)c3c(=O)cc(-c4ccccc4)oc3c2)C(O)C1O. The van der Waals surface area contributed by atoms with E-state index in [1.807, 2.05) is 6.07 Å². The Morgan fingerprint density at radius 3 is 2.48 bits per heavy atom. The molecule has 2 heterocycles. The summed E-state index contributed by atoms with van der Waals surface area (Å²) < 4.78 is 21.8. The van der Waals surface area contributed by atoms with E-state index in [0.717, 1.165) is 13.0 Å². The summed E-state index contributed by atoms with van der Waals surface area (Å²) in [4.78, 5) is 23.8. The van der Waals surface area contributed by atoms with Gasteiger partial charge in [-0.05, 0) is 0 Å². The molecule has 0 radical (unpaired) electrons. The van der Waals surface area contributed by atoms with Crippen LogP contribution in [0, 0.1) is 0 Å². The van der Waals surface area contributed by atoms with Crippen LogP contribution in [0.1, 0.15) is 6.92 Å². The van der Waals surface area contributed by atoms with E-state index >= 15 is 0 Å². The van der Waals surface area contributed by atoms with Crippen molar-refractivity contribution >= 4 is 16.9 Å². The summed E-state index contributed by atoms with van der Waals surface area (Å²) in [5.41, 5.74) is 0.213. The van der Waals surface area contributed by atoms with Crippen LogP contribution in [-0.2, 0) is 14.3 Å². The van der Waals surface area contributed by atoms with Gasteiger partial charge in [-0.2, -0.15) is 0 Å². The van der Waals surface area contributed by atoms with Crippen molar-refractivity contribution in [3.05, 3.63) is 58.8 Å². The smallest absolute Gasteiger partial charge is 0.303 e. The van der Waals surface area contributed by atoms with Gasteiger partial charge in [-0.15, -0.1) is 0 Å². The Balaban J connectivity index is 1.66. The molecule has 5 unspecified atom stereocenters. The summed E-state index contributed by atoms with van der Waals surface area (Å²) in [7, 11) is 0. The van der Waals surface area contributed by atoms with E-state index in [2.05, 4.69) is 0 Å². The van der Waals surface area contributed by atoms with Gasteiger partial charge in [-0.3, -0.25) is 9.59 Å². The number of esters is 1. The number of hydrogen-bond donors (Lipinski definition) is 4. The Kier molecular flexibility index (Phi) is 6.34. The molecule has 4 rings (SSSR count). The molecule has 33 heavy (non-hydrogen) atoms. The van der Waals surface area contributed by atoms with Gasteiger partial charge in [0.1, 0.15) is 46.5 Å². The van der Waals surface area contributed by atoms with Crippen molar-refractivity contribution in [1.82, 2.24) is 0 Å². The minimum absolute atomic E-state index is 0.0266. The number of phenolic OH excluding ortho intramolecular Hbond substituents is 1. The van der Waals surface area contributed by atoms with Crippen LogP contribution in [0.25, 0.3) is 22.3 Å². The van der Waals surface area contributed by atoms with Gasteiger partial charge in [0.2, 0.25) is 6.29 Å². The van der Waals surface area contributed by atoms with Crippen LogP contribution < -0.4 is 10.2 Å². The molecule has 0 aliphatic carbocycles. The highest BCUT2D eigenvalue weighted by Crippen LogP contribution is 2.33. The van der Waals surface area contributed by atoms with Gasteiger partial charge in [0, 0.05) is 30.7 Å². The molecule has 2 aromatic carbocycles. The van der Waals surface area contributed by atoms with Crippen molar-refractivity contribution in [2.75, 3.05) is 6.61 Å².